The predicted octanol–water partition coefficient (Wildman–Crippen LogP) is 3.16. The Balaban J connectivity index is 1.63. The van der Waals surface area contributed by atoms with Crippen molar-refractivity contribution in [2.45, 2.75) is 38.8 Å². The summed E-state index contributed by atoms with van der Waals surface area (Å²) < 4.78 is 1.96. The van der Waals surface area contributed by atoms with Gasteiger partial charge in [-0.05, 0) is 44.0 Å². The van der Waals surface area contributed by atoms with Crippen molar-refractivity contribution in [1.29, 1.82) is 0 Å². The number of pyridine rings is 1. The van der Waals surface area contributed by atoms with Crippen molar-refractivity contribution >= 4 is 5.78 Å². The first-order valence-corrected chi connectivity index (χ1v) is 8.25. The number of rotatable bonds is 3. The monoisotopic (exact) mass is 307 g/mol. The molecular weight excluding hydrogens is 286 g/mol. The minimum absolute atomic E-state index is 0.354. The first kappa shape index (κ1) is 14.3. The molecule has 4 heterocycles. The molecule has 5 nitrogen and oxygen atoms in total. The first-order valence-electron chi connectivity index (χ1n) is 8.25. The number of nitrogens with zero attached hydrogens (tertiary/aromatic N) is 5. The highest BCUT2D eigenvalue weighted by Gasteiger charge is 2.26. The molecule has 23 heavy (non-hydrogen) atoms. The predicted molar refractivity (Wildman–Crippen MR) is 89.0 cm³/mol. The average Bonchev–Trinajstić information content (AvgIpc) is 3.05. The SMILES string of the molecule is Cc1cccnc1CN1CCCC[C@H]1c1ccn2ccnc2n1. The second kappa shape index (κ2) is 6.08. The molecule has 118 valence electrons. The largest absolute Gasteiger partial charge is 0.291 e. The van der Waals surface area contributed by atoms with E-state index in [1.807, 2.05) is 22.9 Å². The van der Waals surface area contributed by atoms with Gasteiger partial charge in [0, 0.05) is 31.3 Å². The van der Waals surface area contributed by atoms with Crippen LogP contribution in [-0.2, 0) is 6.54 Å². The maximum Gasteiger partial charge on any atom is 0.233 e. The van der Waals surface area contributed by atoms with E-state index < -0.39 is 0 Å². The number of fused-ring (bicyclic) bond motifs is 1. The number of piperidine rings is 1. The molecule has 0 radical (unpaired) electrons. The topological polar surface area (TPSA) is 46.3 Å². The van der Waals surface area contributed by atoms with Crippen LogP contribution in [0.15, 0.2) is 43.0 Å². The summed E-state index contributed by atoms with van der Waals surface area (Å²) in [5.74, 6) is 0.780. The summed E-state index contributed by atoms with van der Waals surface area (Å²) in [5, 5.41) is 0. The van der Waals surface area contributed by atoms with Gasteiger partial charge in [-0.15, -0.1) is 0 Å². The quantitative estimate of drug-likeness (QED) is 0.745. The van der Waals surface area contributed by atoms with Crippen LogP contribution in [0.1, 0.15) is 42.3 Å². The van der Waals surface area contributed by atoms with Crippen molar-refractivity contribution in [2.75, 3.05) is 6.54 Å². The van der Waals surface area contributed by atoms with E-state index in [4.69, 9.17) is 4.98 Å². The molecule has 0 saturated carbocycles. The minimum Gasteiger partial charge on any atom is -0.291 e. The second-order valence-corrected chi connectivity index (χ2v) is 6.24. The zero-order valence-electron chi connectivity index (χ0n) is 13.4. The van der Waals surface area contributed by atoms with Crippen molar-refractivity contribution in [1.82, 2.24) is 24.3 Å². The third-order valence-corrected chi connectivity index (χ3v) is 4.71. The Kier molecular flexibility index (Phi) is 3.79. The van der Waals surface area contributed by atoms with E-state index in [0.29, 0.717) is 6.04 Å². The number of aryl methyl sites for hydroxylation is 1. The van der Waals surface area contributed by atoms with E-state index in [0.717, 1.165) is 31.0 Å². The molecule has 3 aromatic rings. The Morgan fingerprint density at radius 1 is 1.13 bits per heavy atom. The smallest absolute Gasteiger partial charge is 0.233 e. The molecule has 0 N–H and O–H groups in total. The molecule has 0 bridgehead atoms. The van der Waals surface area contributed by atoms with Crippen LogP contribution in [0.3, 0.4) is 0 Å². The lowest BCUT2D eigenvalue weighted by Crippen LogP contribution is -2.34. The van der Waals surface area contributed by atoms with Gasteiger partial charge in [-0.25, -0.2) is 9.97 Å². The lowest BCUT2D eigenvalue weighted by atomic mass is 9.98. The van der Waals surface area contributed by atoms with Crippen LogP contribution >= 0.6 is 0 Å². The van der Waals surface area contributed by atoms with E-state index in [9.17, 15) is 0 Å². The van der Waals surface area contributed by atoms with Crippen molar-refractivity contribution in [2.24, 2.45) is 0 Å². The molecular formula is C18H21N5. The van der Waals surface area contributed by atoms with Gasteiger partial charge >= 0.3 is 0 Å². The molecule has 0 aromatic carbocycles. The normalized spacial score (nSPS) is 19.3. The van der Waals surface area contributed by atoms with E-state index in [1.54, 1.807) is 6.20 Å². The fourth-order valence-corrected chi connectivity index (χ4v) is 3.39. The van der Waals surface area contributed by atoms with Gasteiger partial charge < -0.3 is 0 Å². The van der Waals surface area contributed by atoms with Crippen LogP contribution in [0.4, 0.5) is 0 Å². The average molecular weight is 307 g/mol. The van der Waals surface area contributed by atoms with Gasteiger partial charge in [0.05, 0.1) is 17.4 Å². The van der Waals surface area contributed by atoms with Gasteiger partial charge in [-0.3, -0.25) is 14.3 Å². The molecule has 3 aromatic heterocycles. The van der Waals surface area contributed by atoms with E-state index >= 15 is 0 Å². The van der Waals surface area contributed by atoms with Crippen LogP contribution in [-0.4, -0.2) is 30.8 Å². The molecule has 0 amide bonds. The molecule has 4 rings (SSSR count). The van der Waals surface area contributed by atoms with Crippen molar-refractivity contribution < 1.29 is 0 Å². The fraction of sp³-hybridized carbons (Fsp3) is 0.389. The van der Waals surface area contributed by atoms with Gasteiger partial charge in [0.2, 0.25) is 5.78 Å². The van der Waals surface area contributed by atoms with Gasteiger partial charge in [-0.1, -0.05) is 12.5 Å². The third kappa shape index (κ3) is 2.84. The Labute approximate surface area is 136 Å². The number of hydrogen-bond acceptors (Lipinski definition) is 4. The highest BCUT2D eigenvalue weighted by atomic mass is 15.2. The van der Waals surface area contributed by atoms with Crippen molar-refractivity contribution in [3.8, 4) is 0 Å². The third-order valence-electron chi connectivity index (χ3n) is 4.71. The van der Waals surface area contributed by atoms with Crippen LogP contribution < -0.4 is 0 Å². The molecule has 0 unspecified atom stereocenters. The zero-order chi connectivity index (χ0) is 15.6. The lowest BCUT2D eigenvalue weighted by molar-refractivity contribution is 0.135. The Morgan fingerprint density at radius 3 is 3.00 bits per heavy atom. The number of imidazole rings is 1. The van der Waals surface area contributed by atoms with Crippen LogP contribution in [0.2, 0.25) is 0 Å². The summed E-state index contributed by atoms with van der Waals surface area (Å²) in [6.45, 7) is 4.12. The Hall–Kier alpha value is -2.27. The van der Waals surface area contributed by atoms with Crippen molar-refractivity contribution in [3.63, 3.8) is 0 Å². The van der Waals surface area contributed by atoms with Gasteiger partial charge in [0.25, 0.3) is 0 Å². The van der Waals surface area contributed by atoms with Gasteiger partial charge in [-0.2, -0.15) is 0 Å². The zero-order valence-corrected chi connectivity index (χ0v) is 13.4. The summed E-state index contributed by atoms with van der Waals surface area (Å²) >= 11 is 0. The molecule has 1 aliphatic heterocycles. The maximum absolute atomic E-state index is 4.76. The summed E-state index contributed by atoms with van der Waals surface area (Å²) in [5.41, 5.74) is 3.55. The van der Waals surface area contributed by atoms with Crippen LogP contribution in [0.25, 0.3) is 5.78 Å². The Morgan fingerprint density at radius 2 is 2.09 bits per heavy atom. The van der Waals surface area contributed by atoms with Crippen LogP contribution in [0, 0.1) is 6.92 Å². The molecule has 5 heteroatoms. The lowest BCUT2D eigenvalue weighted by Gasteiger charge is -2.35. The maximum atomic E-state index is 4.76. The molecule has 1 fully saturated rings. The highest BCUT2D eigenvalue weighted by Crippen LogP contribution is 2.31. The van der Waals surface area contributed by atoms with Gasteiger partial charge in [0.1, 0.15) is 0 Å². The summed E-state index contributed by atoms with van der Waals surface area (Å²) in [6.07, 6.45) is 11.3. The second-order valence-electron chi connectivity index (χ2n) is 6.24. The van der Waals surface area contributed by atoms with Gasteiger partial charge in [0.15, 0.2) is 0 Å². The van der Waals surface area contributed by atoms with Crippen molar-refractivity contribution in [3.05, 3.63) is 59.9 Å². The fourth-order valence-electron chi connectivity index (χ4n) is 3.39. The summed E-state index contributed by atoms with van der Waals surface area (Å²) in [7, 11) is 0. The van der Waals surface area contributed by atoms with E-state index in [-0.39, 0.29) is 0 Å². The first-order chi connectivity index (χ1) is 11.3. The highest BCUT2D eigenvalue weighted by molar-refractivity contribution is 5.30. The van der Waals surface area contributed by atoms with E-state index in [1.165, 1.54) is 24.1 Å². The molecule has 0 aliphatic carbocycles. The van der Waals surface area contributed by atoms with Crippen LogP contribution in [0.5, 0.6) is 0 Å². The number of likely N-dealkylation sites (tertiary alicyclic amines) is 1. The molecule has 1 aliphatic rings. The number of aromatic nitrogens is 4. The summed E-state index contributed by atoms with van der Waals surface area (Å²) in [4.78, 5) is 16.2. The molecule has 1 atom stereocenters. The Bertz CT molecular complexity index is 810. The number of hydrogen-bond donors (Lipinski definition) is 0. The minimum atomic E-state index is 0.354. The van der Waals surface area contributed by atoms with E-state index in [2.05, 4.69) is 40.1 Å². The molecule has 0 spiro atoms. The molecule has 1 saturated heterocycles. The standard InChI is InChI=1S/C18H21N5/c1-14-5-4-8-19-16(14)13-23-10-3-2-6-17(23)15-7-11-22-12-9-20-18(22)21-15/h4-5,7-9,11-12,17H,2-3,6,10,13H2,1H3/t17-/m0/s1. The summed E-state index contributed by atoms with van der Waals surface area (Å²) in [6, 6.07) is 6.62.